The van der Waals surface area contributed by atoms with Crippen molar-refractivity contribution in [2.45, 2.75) is 38.8 Å². The number of methoxy groups -OCH3 is 1. The highest BCUT2D eigenvalue weighted by atomic mass is 32.1. The van der Waals surface area contributed by atoms with Gasteiger partial charge in [-0.15, -0.1) is 17.8 Å². The van der Waals surface area contributed by atoms with E-state index in [4.69, 9.17) is 11.2 Å². The van der Waals surface area contributed by atoms with Gasteiger partial charge < -0.3 is 10.1 Å². The highest BCUT2D eigenvalue weighted by Gasteiger charge is 2.16. The summed E-state index contributed by atoms with van der Waals surface area (Å²) in [4.78, 5) is 15.6. The maximum Gasteiger partial charge on any atom is 0.207 e. The summed E-state index contributed by atoms with van der Waals surface area (Å²) in [6, 6.07) is 15.6. The van der Waals surface area contributed by atoms with Crippen molar-refractivity contribution in [3.8, 4) is 12.3 Å². The topological polar surface area (TPSA) is 51.2 Å². The van der Waals surface area contributed by atoms with Crippen LogP contribution < -0.4 is 5.32 Å². The Morgan fingerprint density at radius 1 is 1.25 bits per heavy atom. The molecule has 0 fully saturated rings. The molecule has 1 atom stereocenters. The first kappa shape index (κ1) is 21.6. The first-order valence-corrected chi connectivity index (χ1v) is 9.84. The van der Waals surface area contributed by atoms with E-state index in [-0.39, 0.29) is 11.6 Å². The number of ether oxygens (including phenoxy) is 1. The number of hydrogen-bond donors (Lipinski definition) is 1. The monoisotopic (exact) mass is 394 g/mol. The first-order chi connectivity index (χ1) is 13.4. The van der Waals surface area contributed by atoms with Gasteiger partial charge in [-0.3, -0.25) is 4.79 Å². The van der Waals surface area contributed by atoms with E-state index in [1.54, 1.807) is 18.4 Å². The Morgan fingerprint density at radius 3 is 2.57 bits per heavy atom. The Labute approximate surface area is 171 Å². The second kappa shape index (κ2) is 10.0. The number of nitrogens with zero attached hydrogens (tertiary/aromatic N) is 1. The molecule has 0 saturated heterocycles. The number of carbonyl (C=O) groups is 1. The quantitative estimate of drug-likeness (QED) is 0.502. The number of benzene rings is 2. The van der Waals surface area contributed by atoms with Gasteiger partial charge in [-0.05, 0) is 57.0 Å². The zero-order valence-electron chi connectivity index (χ0n) is 16.7. The molecule has 0 saturated carbocycles. The van der Waals surface area contributed by atoms with Gasteiger partial charge in [-0.25, -0.2) is 4.98 Å². The van der Waals surface area contributed by atoms with Crippen molar-refractivity contribution in [3.63, 3.8) is 0 Å². The van der Waals surface area contributed by atoms with Crippen LogP contribution in [0.2, 0.25) is 0 Å². The number of thiazole rings is 1. The summed E-state index contributed by atoms with van der Waals surface area (Å²) in [5.41, 5.74) is 2.92. The lowest BCUT2D eigenvalue weighted by molar-refractivity contribution is -0.110. The smallest absolute Gasteiger partial charge is 0.207 e. The fourth-order valence-corrected chi connectivity index (χ4v) is 3.39. The van der Waals surface area contributed by atoms with Crippen molar-refractivity contribution < 1.29 is 9.53 Å². The molecule has 3 rings (SSSR count). The Hall–Kier alpha value is -2.68. The highest BCUT2D eigenvalue weighted by Crippen LogP contribution is 2.28. The van der Waals surface area contributed by atoms with Crippen LogP contribution >= 0.6 is 11.3 Å². The number of rotatable bonds is 5. The lowest BCUT2D eigenvalue weighted by atomic mass is 10.0. The third-order valence-corrected chi connectivity index (χ3v) is 5.17. The zero-order chi connectivity index (χ0) is 20.6. The Kier molecular flexibility index (Phi) is 7.74. The first-order valence-electron chi connectivity index (χ1n) is 9.02. The number of terminal acetylenes is 1. The number of para-hydroxylation sites is 1. The van der Waals surface area contributed by atoms with E-state index in [0.717, 1.165) is 32.8 Å². The summed E-state index contributed by atoms with van der Waals surface area (Å²) in [6.07, 6.45) is 6.82. The van der Waals surface area contributed by atoms with Gasteiger partial charge in [-0.1, -0.05) is 30.2 Å². The molecule has 0 aliphatic carbocycles. The number of carbonyl (C=O) groups excluding carboxylic acids is 1. The molecular formula is C23H26N2O2S. The summed E-state index contributed by atoms with van der Waals surface area (Å²) in [5.74, 6) is 2.63. The van der Waals surface area contributed by atoms with E-state index in [1.807, 2.05) is 69.3 Å². The summed E-state index contributed by atoms with van der Waals surface area (Å²) >= 11 is 1.60. The predicted molar refractivity (Wildman–Crippen MR) is 116 cm³/mol. The highest BCUT2D eigenvalue weighted by molar-refractivity contribution is 7.18. The SMILES string of the molecule is C#Cc1cccc(CC(NC=O)c2nc3ccccc3s2)c1.COC(C)(C)C. The molecule has 1 N–H and O–H groups in total. The van der Waals surface area contributed by atoms with E-state index in [0.29, 0.717) is 6.42 Å². The van der Waals surface area contributed by atoms with Gasteiger partial charge in [0.1, 0.15) is 5.01 Å². The van der Waals surface area contributed by atoms with Crippen molar-refractivity contribution in [2.24, 2.45) is 0 Å². The van der Waals surface area contributed by atoms with Gasteiger partial charge in [0, 0.05) is 12.7 Å². The average Bonchev–Trinajstić information content (AvgIpc) is 3.12. The van der Waals surface area contributed by atoms with Crippen LogP contribution in [0.25, 0.3) is 10.2 Å². The molecule has 0 aliphatic rings. The summed E-state index contributed by atoms with van der Waals surface area (Å²) in [5, 5.41) is 3.76. The minimum atomic E-state index is -0.150. The van der Waals surface area contributed by atoms with Crippen LogP contribution in [0.1, 0.15) is 42.9 Å². The predicted octanol–water partition coefficient (Wildman–Crippen LogP) is 4.74. The van der Waals surface area contributed by atoms with Crippen LogP contribution in [0, 0.1) is 12.3 Å². The minimum Gasteiger partial charge on any atom is -0.379 e. The average molecular weight is 395 g/mol. The van der Waals surface area contributed by atoms with E-state index in [9.17, 15) is 4.79 Å². The molecule has 146 valence electrons. The number of aromatic nitrogens is 1. The van der Waals surface area contributed by atoms with Crippen LogP contribution in [-0.2, 0) is 16.0 Å². The molecule has 0 bridgehead atoms. The third-order valence-electron chi connectivity index (χ3n) is 4.02. The third kappa shape index (κ3) is 6.49. The van der Waals surface area contributed by atoms with Crippen molar-refractivity contribution >= 4 is 28.0 Å². The molecular weight excluding hydrogens is 368 g/mol. The van der Waals surface area contributed by atoms with E-state index >= 15 is 0 Å². The Morgan fingerprint density at radius 2 is 1.96 bits per heavy atom. The Balaban J connectivity index is 0.000000409. The van der Waals surface area contributed by atoms with Gasteiger partial charge in [0.25, 0.3) is 0 Å². The summed E-state index contributed by atoms with van der Waals surface area (Å²) in [6.45, 7) is 6.06. The van der Waals surface area contributed by atoms with Gasteiger partial charge in [0.2, 0.25) is 6.41 Å². The van der Waals surface area contributed by atoms with Gasteiger partial charge in [0.05, 0.1) is 21.9 Å². The van der Waals surface area contributed by atoms with Gasteiger partial charge in [0.15, 0.2) is 0 Å². The molecule has 0 spiro atoms. The van der Waals surface area contributed by atoms with Gasteiger partial charge in [-0.2, -0.15) is 0 Å². The standard InChI is InChI=1S/C18H14N2OS.C5H12O/c1-2-13-6-5-7-14(10-13)11-16(19-12-21)18-20-15-8-3-4-9-17(15)22-18;1-5(2,3)6-4/h1,3-10,12,16H,11H2,(H,19,21);1-4H3. The molecule has 28 heavy (non-hydrogen) atoms. The van der Waals surface area contributed by atoms with E-state index < -0.39 is 0 Å². The lowest BCUT2D eigenvalue weighted by Crippen LogP contribution is -2.21. The molecule has 1 unspecified atom stereocenters. The summed E-state index contributed by atoms with van der Waals surface area (Å²) < 4.78 is 6.06. The number of nitrogens with one attached hydrogen (secondary N) is 1. The van der Waals surface area contributed by atoms with Crippen LogP contribution in [0.15, 0.2) is 48.5 Å². The molecule has 1 aromatic heterocycles. The summed E-state index contributed by atoms with van der Waals surface area (Å²) in [7, 11) is 1.71. The second-order valence-electron chi connectivity index (χ2n) is 7.22. The molecule has 2 aromatic carbocycles. The second-order valence-corrected chi connectivity index (χ2v) is 8.28. The lowest BCUT2D eigenvalue weighted by Gasteiger charge is -2.14. The maximum absolute atomic E-state index is 11.0. The van der Waals surface area contributed by atoms with Gasteiger partial charge >= 0.3 is 0 Å². The van der Waals surface area contributed by atoms with Crippen molar-refractivity contribution in [2.75, 3.05) is 7.11 Å². The number of hydrogen-bond acceptors (Lipinski definition) is 4. The largest absolute Gasteiger partial charge is 0.379 e. The minimum absolute atomic E-state index is 0.0417. The molecule has 1 heterocycles. The number of amides is 1. The molecule has 5 heteroatoms. The normalized spacial score (nSPS) is 11.8. The number of fused-ring (bicyclic) bond motifs is 1. The molecule has 0 radical (unpaired) electrons. The fraction of sp³-hybridized carbons (Fsp3) is 0.304. The van der Waals surface area contributed by atoms with E-state index in [1.165, 1.54) is 0 Å². The van der Waals surface area contributed by atoms with Crippen LogP contribution in [0.5, 0.6) is 0 Å². The van der Waals surface area contributed by atoms with Crippen LogP contribution in [-0.4, -0.2) is 24.1 Å². The van der Waals surface area contributed by atoms with Crippen molar-refractivity contribution in [1.82, 2.24) is 10.3 Å². The molecule has 0 aliphatic heterocycles. The zero-order valence-corrected chi connectivity index (χ0v) is 17.5. The molecule has 1 amide bonds. The van der Waals surface area contributed by atoms with Crippen molar-refractivity contribution in [1.29, 1.82) is 0 Å². The van der Waals surface area contributed by atoms with Crippen LogP contribution in [0.3, 0.4) is 0 Å². The molecule has 4 nitrogen and oxygen atoms in total. The fourth-order valence-electron chi connectivity index (χ4n) is 2.36. The Bertz CT molecular complexity index is 918. The van der Waals surface area contributed by atoms with Crippen LogP contribution in [0.4, 0.5) is 0 Å². The maximum atomic E-state index is 11.0. The van der Waals surface area contributed by atoms with E-state index in [2.05, 4.69) is 16.2 Å². The van der Waals surface area contributed by atoms with Crippen molar-refractivity contribution in [3.05, 3.63) is 64.7 Å². The molecule has 3 aromatic rings.